The Bertz CT molecular complexity index is 91.7. The van der Waals surface area contributed by atoms with E-state index in [4.69, 9.17) is 15.0 Å². The largest absolute Gasteiger partial charge is 0.481 e. The molecule has 68 valence electrons. The Kier molecular flexibility index (Phi) is 11.1. The third-order valence-electron chi connectivity index (χ3n) is 1.02. The standard InChI is InChI=1S/C5H13NO.C2H4O2/c1-3-6(2)4-5-7;1-2(3)4/h7H,3-5H2,1-2H3;1H3,(H,3,4). The summed E-state index contributed by atoms with van der Waals surface area (Å²) in [4.78, 5) is 11.1. The number of carboxylic acids is 1. The number of carboxylic acid groups (broad SMARTS) is 1. The second kappa shape index (κ2) is 9.39. The molecular formula is C7H17NO3. The molecule has 11 heavy (non-hydrogen) atoms. The van der Waals surface area contributed by atoms with Crippen molar-refractivity contribution < 1.29 is 15.0 Å². The summed E-state index contributed by atoms with van der Waals surface area (Å²) in [5.74, 6) is -0.833. The minimum Gasteiger partial charge on any atom is -0.481 e. The van der Waals surface area contributed by atoms with Gasteiger partial charge in [0.1, 0.15) is 0 Å². The van der Waals surface area contributed by atoms with Crippen LogP contribution in [0.5, 0.6) is 0 Å². The molecule has 0 spiro atoms. The molecule has 0 fully saturated rings. The number of hydrogen-bond acceptors (Lipinski definition) is 3. The average Bonchev–Trinajstić information content (AvgIpc) is 1.87. The zero-order valence-corrected chi connectivity index (χ0v) is 7.37. The van der Waals surface area contributed by atoms with E-state index in [-0.39, 0.29) is 6.61 Å². The second-order valence-corrected chi connectivity index (χ2v) is 2.14. The van der Waals surface area contributed by atoms with E-state index in [0.717, 1.165) is 20.0 Å². The molecule has 0 aromatic rings. The van der Waals surface area contributed by atoms with Crippen molar-refractivity contribution in [2.24, 2.45) is 0 Å². The fourth-order valence-electron chi connectivity index (χ4n) is 0.329. The molecule has 0 saturated carbocycles. The lowest BCUT2D eigenvalue weighted by Crippen LogP contribution is -2.20. The first-order valence-electron chi connectivity index (χ1n) is 3.53. The normalized spacial score (nSPS) is 8.82. The Morgan fingerprint density at radius 2 is 1.91 bits per heavy atom. The van der Waals surface area contributed by atoms with E-state index in [0.29, 0.717) is 0 Å². The van der Waals surface area contributed by atoms with Gasteiger partial charge in [-0.25, -0.2) is 0 Å². The van der Waals surface area contributed by atoms with Crippen molar-refractivity contribution >= 4 is 5.97 Å². The summed E-state index contributed by atoms with van der Waals surface area (Å²) >= 11 is 0. The Hall–Kier alpha value is -0.610. The van der Waals surface area contributed by atoms with Crippen LogP contribution in [-0.4, -0.2) is 47.8 Å². The van der Waals surface area contributed by atoms with E-state index in [1.165, 1.54) is 0 Å². The number of aliphatic hydroxyl groups excluding tert-OH is 1. The van der Waals surface area contributed by atoms with Crippen molar-refractivity contribution in [3.05, 3.63) is 0 Å². The van der Waals surface area contributed by atoms with Crippen LogP contribution >= 0.6 is 0 Å². The van der Waals surface area contributed by atoms with Crippen LogP contribution in [0.25, 0.3) is 0 Å². The van der Waals surface area contributed by atoms with Gasteiger partial charge in [0.05, 0.1) is 6.61 Å². The first kappa shape index (κ1) is 13.0. The molecule has 0 amide bonds. The zero-order valence-electron chi connectivity index (χ0n) is 7.37. The van der Waals surface area contributed by atoms with Crippen LogP contribution in [0.3, 0.4) is 0 Å². The predicted molar refractivity (Wildman–Crippen MR) is 43.6 cm³/mol. The molecule has 0 unspecified atom stereocenters. The molecule has 0 aliphatic carbocycles. The summed E-state index contributed by atoms with van der Waals surface area (Å²) in [6.45, 7) is 5.22. The highest BCUT2D eigenvalue weighted by Gasteiger charge is 1.87. The maximum absolute atomic E-state index is 9.00. The number of nitrogens with zero attached hydrogens (tertiary/aromatic N) is 1. The molecule has 0 aliphatic heterocycles. The van der Waals surface area contributed by atoms with Crippen LogP contribution in [0.2, 0.25) is 0 Å². The number of rotatable bonds is 3. The molecule has 0 saturated heterocycles. The van der Waals surface area contributed by atoms with E-state index >= 15 is 0 Å². The molecule has 0 rings (SSSR count). The van der Waals surface area contributed by atoms with Gasteiger partial charge in [0.15, 0.2) is 0 Å². The molecule has 0 aromatic carbocycles. The van der Waals surface area contributed by atoms with Gasteiger partial charge in [0.2, 0.25) is 0 Å². The number of carbonyl (C=O) groups is 1. The molecule has 0 aromatic heterocycles. The monoisotopic (exact) mass is 163 g/mol. The molecule has 0 heterocycles. The summed E-state index contributed by atoms with van der Waals surface area (Å²) in [6, 6.07) is 0. The zero-order chi connectivity index (χ0) is 9.28. The maximum Gasteiger partial charge on any atom is 0.300 e. The molecule has 0 radical (unpaired) electrons. The topological polar surface area (TPSA) is 60.8 Å². The van der Waals surface area contributed by atoms with Crippen molar-refractivity contribution in [2.45, 2.75) is 13.8 Å². The average molecular weight is 163 g/mol. The highest BCUT2D eigenvalue weighted by molar-refractivity contribution is 5.62. The van der Waals surface area contributed by atoms with Gasteiger partial charge in [0.25, 0.3) is 5.97 Å². The fourth-order valence-corrected chi connectivity index (χ4v) is 0.329. The lowest BCUT2D eigenvalue weighted by Gasteiger charge is -2.09. The van der Waals surface area contributed by atoms with Gasteiger partial charge in [-0.05, 0) is 13.6 Å². The summed E-state index contributed by atoms with van der Waals surface area (Å²) in [5.41, 5.74) is 0. The van der Waals surface area contributed by atoms with Crippen LogP contribution in [-0.2, 0) is 4.79 Å². The lowest BCUT2D eigenvalue weighted by molar-refractivity contribution is -0.134. The van der Waals surface area contributed by atoms with Crippen molar-refractivity contribution in [3.63, 3.8) is 0 Å². The van der Waals surface area contributed by atoms with Crippen molar-refractivity contribution in [2.75, 3.05) is 26.7 Å². The van der Waals surface area contributed by atoms with Crippen LogP contribution in [0.15, 0.2) is 0 Å². The minimum absolute atomic E-state index is 0.268. The highest BCUT2D eigenvalue weighted by Crippen LogP contribution is 1.75. The fraction of sp³-hybridized carbons (Fsp3) is 0.857. The van der Waals surface area contributed by atoms with Gasteiger partial charge in [-0.1, -0.05) is 6.92 Å². The first-order chi connectivity index (χ1) is 5.04. The first-order valence-corrected chi connectivity index (χ1v) is 3.53. The summed E-state index contributed by atoms with van der Waals surface area (Å²) in [6.07, 6.45) is 0. The molecule has 4 nitrogen and oxygen atoms in total. The van der Waals surface area contributed by atoms with Crippen molar-refractivity contribution in [1.82, 2.24) is 4.90 Å². The van der Waals surface area contributed by atoms with E-state index in [1.54, 1.807) is 0 Å². The highest BCUT2D eigenvalue weighted by atomic mass is 16.4. The smallest absolute Gasteiger partial charge is 0.300 e. The third-order valence-corrected chi connectivity index (χ3v) is 1.02. The van der Waals surface area contributed by atoms with Gasteiger partial charge >= 0.3 is 0 Å². The van der Waals surface area contributed by atoms with Gasteiger partial charge in [-0.2, -0.15) is 0 Å². The Morgan fingerprint density at radius 3 is 2.00 bits per heavy atom. The number of hydrogen-bond donors (Lipinski definition) is 2. The van der Waals surface area contributed by atoms with Gasteiger partial charge in [-0.3, -0.25) is 4.79 Å². The summed E-state index contributed by atoms with van der Waals surface area (Å²) in [5, 5.41) is 15.7. The molecule has 0 bridgehead atoms. The van der Waals surface area contributed by atoms with Gasteiger partial charge < -0.3 is 15.1 Å². The molecule has 4 heteroatoms. The van der Waals surface area contributed by atoms with Gasteiger partial charge in [-0.15, -0.1) is 0 Å². The Balaban J connectivity index is 0. The SMILES string of the molecule is CC(=O)O.CCN(C)CCO. The van der Waals surface area contributed by atoms with Crippen LogP contribution < -0.4 is 0 Å². The minimum atomic E-state index is -0.833. The number of aliphatic carboxylic acids is 1. The van der Waals surface area contributed by atoms with E-state index in [2.05, 4.69) is 11.8 Å². The Morgan fingerprint density at radius 1 is 1.55 bits per heavy atom. The molecular weight excluding hydrogens is 146 g/mol. The van der Waals surface area contributed by atoms with E-state index in [1.807, 2.05) is 7.05 Å². The maximum atomic E-state index is 9.00. The molecule has 2 N–H and O–H groups in total. The molecule has 0 aliphatic rings. The summed E-state index contributed by atoms with van der Waals surface area (Å²) < 4.78 is 0. The second-order valence-electron chi connectivity index (χ2n) is 2.14. The summed E-state index contributed by atoms with van der Waals surface area (Å²) in [7, 11) is 1.98. The van der Waals surface area contributed by atoms with Crippen LogP contribution in [0, 0.1) is 0 Å². The lowest BCUT2D eigenvalue weighted by atomic mass is 10.6. The van der Waals surface area contributed by atoms with Crippen LogP contribution in [0.4, 0.5) is 0 Å². The number of aliphatic hydroxyl groups is 1. The number of likely N-dealkylation sites (N-methyl/N-ethyl adjacent to an activating group) is 1. The molecule has 0 atom stereocenters. The van der Waals surface area contributed by atoms with Gasteiger partial charge in [0, 0.05) is 13.5 Å². The van der Waals surface area contributed by atoms with E-state index in [9.17, 15) is 0 Å². The van der Waals surface area contributed by atoms with Crippen molar-refractivity contribution in [1.29, 1.82) is 0 Å². The van der Waals surface area contributed by atoms with Crippen LogP contribution in [0.1, 0.15) is 13.8 Å². The van der Waals surface area contributed by atoms with E-state index < -0.39 is 5.97 Å². The van der Waals surface area contributed by atoms with Crippen molar-refractivity contribution in [3.8, 4) is 0 Å². The quantitative estimate of drug-likeness (QED) is 0.616. The predicted octanol–water partition coefficient (Wildman–Crippen LogP) is 0.0213. The third kappa shape index (κ3) is 26.6. The Labute approximate surface area is 67.4 Å².